The van der Waals surface area contributed by atoms with Crippen LogP contribution in [0.5, 0.6) is 0 Å². The molecule has 6 heteroatoms. The van der Waals surface area contributed by atoms with Gasteiger partial charge in [0.25, 0.3) is 0 Å². The first kappa shape index (κ1) is 22.9. The maximum Gasteiger partial charge on any atom is 0.236 e. The number of nitrogens with one attached hydrogen (secondary N) is 1. The van der Waals surface area contributed by atoms with Crippen molar-refractivity contribution in [3.63, 3.8) is 0 Å². The largest absolute Gasteiger partial charge is 0.370 e. The van der Waals surface area contributed by atoms with Gasteiger partial charge in [0.2, 0.25) is 11.8 Å². The molecule has 0 aliphatic rings. The molecule has 156 valence electrons. The smallest absolute Gasteiger partial charge is 0.236 e. The first-order chi connectivity index (χ1) is 13.9. The van der Waals surface area contributed by atoms with E-state index >= 15 is 0 Å². The molecule has 0 aromatic heterocycles. The number of primary amides is 1. The second kappa shape index (κ2) is 11.0. The monoisotopic (exact) mass is 415 g/mol. The van der Waals surface area contributed by atoms with E-state index in [-0.39, 0.29) is 24.4 Å². The Balaban J connectivity index is 2.13. The maximum atomic E-state index is 13.0. The first-order valence-corrected chi connectivity index (χ1v) is 10.4. The lowest BCUT2D eigenvalue weighted by molar-refractivity contribution is -0.131. The average molecular weight is 416 g/mol. The molecular weight excluding hydrogens is 386 g/mol. The number of carbonyl (C=O) groups excluding carboxylic acids is 2. The van der Waals surface area contributed by atoms with E-state index in [4.69, 9.17) is 17.3 Å². The minimum absolute atomic E-state index is 0.0599. The molecule has 2 aromatic carbocycles. The van der Waals surface area contributed by atoms with Crippen LogP contribution in [0.2, 0.25) is 5.02 Å². The van der Waals surface area contributed by atoms with Gasteiger partial charge in [-0.15, -0.1) is 0 Å². The van der Waals surface area contributed by atoms with E-state index in [1.807, 2.05) is 54.6 Å². The highest BCUT2D eigenvalue weighted by molar-refractivity contribution is 6.30. The van der Waals surface area contributed by atoms with Crippen LogP contribution in [0.4, 0.5) is 0 Å². The lowest BCUT2D eigenvalue weighted by atomic mass is 9.84. The standard InChI is InChI=1S/C23H30ClN3O2/c1-3-23(4-2,19-10-12-20(24)13-11-19)26-16-22(29)27(15-14-21(25)28)17-18-8-6-5-7-9-18/h5-13,26H,3-4,14-17H2,1-2H3,(H2,25,28). The van der Waals surface area contributed by atoms with Crippen molar-refractivity contribution >= 4 is 23.4 Å². The normalized spacial score (nSPS) is 11.3. The van der Waals surface area contributed by atoms with E-state index in [2.05, 4.69) is 19.2 Å². The molecule has 0 saturated carbocycles. The molecule has 0 aliphatic carbocycles. The number of nitrogens with two attached hydrogens (primary N) is 1. The quantitative estimate of drug-likeness (QED) is 0.585. The number of hydrogen-bond donors (Lipinski definition) is 2. The van der Waals surface area contributed by atoms with Gasteiger partial charge < -0.3 is 10.6 Å². The van der Waals surface area contributed by atoms with Crippen LogP contribution in [0.25, 0.3) is 0 Å². The van der Waals surface area contributed by atoms with Crippen molar-refractivity contribution in [1.29, 1.82) is 0 Å². The molecule has 0 spiro atoms. The molecule has 0 bridgehead atoms. The first-order valence-electron chi connectivity index (χ1n) is 10.0. The van der Waals surface area contributed by atoms with Crippen LogP contribution in [0, 0.1) is 0 Å². The Kier molecular flexibility index (Phi) is 8.68. The SMILES string of the molecule is CCC(CC)(NCC(=O)N(CCC(N)=O)Cc1ccccc1)c1ccc(Cl)cc1. The molecule has 3 N–H and O–H groups in total. The zero-order valence-electron chi connectivity index (χ0n) is 17.2. The molecule has 0 radical (unpaired) electrons. The summed E-state index contributed by atoms with van der Waals surface area (Å²) in [6.45, 7) is 5.13. The van der Waals surface area contributed by atoms with Crippen molar-refractivity contribution in [3.8, 4) is 0 Å². The summed E-state index contributed by atoms with van der Waals surface area (Å²) in [5.74, 6) is -0.475. The van der Waals surface area contributed by atoms with Gasteiger partial charge in [0.1, 0.15) is 0 Å². The number of carbonyl (C=O) groups is 2. The molecule has 0 fully saturated rings. The third-order valence-corrected chi connectivity index (χ3v) is 5.63. The van der Waals surface area contributed by atoms with Crippen molar-refractivity contribution in [2.45, 2.75) is 45.2 Å². The average Bonchev–Trinajstić information content (AvgIpc) is 2.73. The third-order valence-electron chi connectivity index (χ3n) is 5.38. The van der Waals surface area contributed by atoms with E-state index in [1.54, 1.807) is 4.90 Å². The van der Waals surface area contributed by atoms with Crippen molar-refractivity contribution in [1.82, 2.24) is 10.2 Å². The summed E-state index contributed by atoms with van der Waals surface area (Å²) in [7, 11) is 0. The predicted molar refractivity (Wildman–Crippen MR) is 117 cm³/mol. The highest BCUT2D eigenvalue weighted by Gasteiger charge is 2.29. The van der Waals surface area contributed by atoms with E-state index in [0.717, 1.165) is 24.0 Å². The molecule has 2 aromatic rings. The minimum Gasteiger partial charge on any atom is -0.370 e. The Morgan fingerprint density at radius 3 is 2.21 bits per heavy atom. The number of rotatable bonds is 11. The van der Waals surface area contributed by atoms with Gasteiger partial charge in [-0.25, -0.2) is 0 Å². The second-order valence-corrected chi connectivity index (χ2v) is 7.60. The summed E-state index contributed by atoms with van der Waals surface area (Å²) < 4.78 is 0. The zero-order valence-corrected chi connectivity index (χ0v) is 17.9. The number of hydrogen-bond acceptors (Lipinski definition) is 3. The Morgan fingerprint density at radius 1 is 1.03 bits per heavy atom. The molecule has 2 rings (SSSR count). The van der Waals surface area contributed by atoms with E-state index < -0.39 is 5.91 Å². The number of halogens is 1. The Hall–Kier alpha value is -2.37. The number of benzene rings is 2. The van der Waals surface area contributed by atoms with Gasteiger partial charge >= 0.3 is 0 Å². The molecule has 0 aliphatic heterocycles. The lowest BCUT2D eigenvalue weighted by Gasteiger charge is -2.34. The van der Waals surface area contributed by atoms with Crippen molar-refractivity contribution in [2.24, 2.45) is 5.73 Å². The summed E-state index contributed by atoms with van der Waals surface area (Å²) in [5, 5.41) is 4.16. The van der Waals surface area contributed by atoms with Gasteiger partial charge in [-0.2, -0.15) is 0 Å². The van der Waals surface area contributed by atoms with Crippen LogP contribution < -0.4 is 11.1 Å². The van der Waals surface area contributed by atoms with Crippen LogP contribution in [0.3, 0.4) is 0 Å². The Morgan fingerprint density at radius 2 is 1.66 bits per heavy atom. The van der Waals surface area contributed by atoms with Crippen molar-refractivity contribution in [3.05, 3.63) is 70.7 Å². The maximum absolute atomic E-state index is 13.0. The molecule has 5 nitrogen and oxygen atoms in total. The topological polar surface area (TPSA) is 75.4 Å². The Bertz CT molecular complexity index is 790. The second-order valence-electron chi connectivity index (χ2n) is 7.17. The lowest BCUT2D eigenvalue weighted by Crippen LogP contribution is -2.47. The fourth-order valence-electron chi connectivity index (χ4n) is 3.48. The molecule has 0 atom stereocenters. The summed E-state index contributed by atoms with van der Waals surface area (Å²) in [4.78, 5) is 26.0. The van der Waals surface area contributed by atoms with Crippen molar-refractivity contribution in [2.75, 3.05) is 13.1 Å². The van der Waals surface area contributed by atoms with Crippen LogP contribution in [0.15, 0.2) is 54.6 Å². The third kappa shape index (κ3) is 6.58. The van der Waals surface area contributed by atoms with E-state index in [1.165, 1.54) is 0 Å². The van der Waals surface area contributed by atoms with Crippen LogP contribution in [-0.2, 0) is 21.7 Å². The van der Waals surface area contributed by atoms with E-state index in [0.29, 0.717) is 18.1 Å². The van der Waals surface area contributed by atoms with Gasteiger partial charge in [-0.1, -0.05) is 67.9 Å². The van der Waals surface area contributed by atoms with Crippen LogP contribution in [-0.4, -0.2) is 29.8 Å². The van der Waals surface area contributed by atoms with Crippen molar-refractivity contribution < 1.29 is 9.59 Å². The van der Waals surface area contributed by atoms with Gasteiger partial charge in [-0.05, 0) is 36.1 Å². The van der Waals surface area contributed by atoms with Gasteiger partial charge in [-0.3, -0.25) is 14.9 Å². The van der Waals surface area contributed by atoms with Gasteiger partial charge in [0.05, 0.1) is 6.54 Å². The molecule has 0 heterocycles. The molecule has 2 amide bonds. The Labute approximate surface area is 178 Å². The molecule has 0 saturated heterocycles. The zero-order chi connectivity index (χ0) is 21.3. The van der Waals surface area contributed by atoms with Gasteiger partial charge in [0.15, 0.2) is 0 Å². The molecular formula is C23H30ClN3O2. The number of amides is 2. The highest BCUT2D eigenvalue weighted by atomic mass is 35.5. The molecule has 29 heavy (non-hydrogen) atoms. The molecule has 0 unspecified atom stereocenters. The summed E-state index contributed by atoms with van der Waals surface area (Å²) in [5.41, 5.74) is 7.11. The number of nitrogens with zero attached hydrogens (tertiary/aromatic N) is 1. The fourth-order valence-corrected chi connectivity index (χ4v) is 3.60. The van der Waals surface area contributed by atoms with E-state index in [9.17, 15) is 9.59 Å². The summed E-state index contributed by atoms with van der Waals surface area (Å²) in [6.07, 6.45) is 1.80. The summed E-state index contributed by atoms with van der Waals surface area (Å²) in [6, 6.07) is 17.5. The minimum atomic E-state index is -0.415. The van der Waals surface area contributed by atoms with Crippen LogP contribution in [0.1, 0.15) is 44.2 Å². The summed E-state index contributed by atoms with van der Waals surface area (Å²) >= 11 is 6.04. The fraction of sp³-hybridized carbons (Fsp3) is 0.391. The van der Waals surface area contributed by atoms with Gasteiger partial charge in [0, 0.05) is 30.1 Å². The predicted octanol–water partition coefficient (Wildman–Crippen LogP) is 3.85. The van der Waals surface area contributed by atoms with Crippen LogP contribution >= 0.6 is 11.6 Å². The highest BCUT2D eigenvalue weighted by Crippen LogP contribution is 2.29.